The summed E-state index contributed by atoms with van der Waals surface area (Å²) in [5, 5.41) is 0. The minimum atomic E-state index is -1.15. The van der Waals surface area contributed by atoms with Crippen LogP contribution in [0.4, 0.5) is 4.39 Å². The van der Waals surface area contributed by atoms with E-state index in [1.54, 1.807) is 30.8 Å². The van der Waals surface area contributed by atoms with Gasteiger partial charge in [0.15, 0.2) is 0 Å². The molecule has 0 bridgehead atoms. The zero-order valence-electron chi connectivity index (χ0n) is 72.9. The van der Waals surface area contributed by atoms with E-state index >= 15 is 0 Å². The number of rotatable bonds is 2. The molecule has 8 aliphatic rings. The monoisotopic (exact) mass is 1530 g/mol. The third-order valence-electron chi connectivity index (χ3n) is 19.5. The number of likely N-dealkylation sites (tertiary alicyclic amines) is 7. The molecule has 1 aliphatic carbocycles. The van der Waals surface area contributed by atoms with Gasteiger partial charge in [-0.2, -0.15) is 0 Å². The summed E-state index contributed by atoms with van der Waals surface area (Å²) in [5.74, 6) is 3.51. The Labute approximate surface area is 664 Å². The van der Waals surface area contributed by atoms with E-state index in [0.29, 0.717) is 40.4 Å². The molecule has 0 atom stereocenters. The van der Waals surface area contributed by atoms with Gasteiger partial charge in [0.1, 0.15) is 11.5 Å². The Balaban J connectivity index is -0.000000565. The maximum atomic E-state index is 13.0. The number of ketones is 1. The topological polar surface area (TPSA) is 180 Å². The molecule has 7 aliphatic heterocycles. The number of hydrogen-bond acceptors (Lipinski definition) is 9. The van der Waals surface area contributed by atoms with Crippen LogP contribution >= 0.6 is 0 Å². The van der Waals surface area contributed by atoms with Crippen LogP contribution in [0.3, 0.4) is 0 Å². The maximum absolute atomic E-state index is 13.0. The lowest BCUT2D eigenvalue weighted by Gasteiger charge is -2.53. The number of nitrogens with zero attached hydrogens (tertiary/aromatic N) is 8. The molecule has 632 valence electrons. The summed E-state index contributed by atoms with van der Waals surface area (Å²) in [5.41, 5.74) is -0.903. The van der Waals surface area contributed by atoms with E-state index in [-0.39, 0.29) is 121 Å². The number of carbonyl (C=O) groups is 9. The molecule has 7 heterocycles. The molecule has 8 fully saturated rings. The summed E-state index contributed by atoms with van der Waals surface area (Å²) in [4.78, 5) is 118. The van der Waals surface area contributed by atoms with Crippen molar-refractivity contribution in [1.82, 2.24) is 39.2 Å². The van der Waals surface area contributed by atoms with Crippen LogP contribution in [-0.4, -0.2) is 204 Å². The number of Topliss-reactive ketones (excluding diaryl/α,β-unsaturated/α-hetero) is 1. The molecular weight excluding hydrogens is 1360 g/mol. The van der Waals surface area contributed by atoms with Gasteiger partial charge in [0.25, 0.3) is 0 Å². The maximum Gasteiger partial charge on any atom is 0.228 e. The minimum Gasteiger partial charge on any atom is -0.348 e. The Bertz CT molecular complexity index is 2850. The first kappa shape index (κ1) is 109. The number of alkyl halides is 1. The second kappa shape index (κ2) is 43.0. The van der Waals surface area contributed by atoms with E-state index in [2.05, 4.69) is 49.9 Å². The van der Waals surface area contributed by atoms with Crippen LogP contribution in [0.2, 0.25) is 0 Å². The van der Waals surface area contributed by atoms with Crippen LogP contribution in [0, 0.1) is 65.5 Å². The largest absolute Gasteiger partial charge is 0.348 e. The molecule has 0 aromatic heterocycles. The molecule has 1 saturated carbocycles. The quantitative estimate of drug-likeness (QED) is 0.278. The number of benzene rings is 1. The smallest absolute Gasteiger partial charge is 0.228 e. The molecule has 1 aromatic carbocycles. The van der Waals surface area contributed by atoms with Crippen molar-refractivity contribution < 1.29 is 47.5 Å². The summed E-state index contributed by atoms with van der Waals surface area (Å²) in [7, 11) is 3.54. The fraction of sp³-hybridized carbons (Fsp3) is 0.833. The van der Waals surface area contributed by atoms with E-state index in [0.717, 1.165) is 84.5 Å². The summed E-state index contributed by atoms with van der Waals surface area (Å²) >= 11 is 0. The van der Waals surface area contributed by atoms with Gasteiger partial charge >= 0.3 is 0 Å². The van der Waals surface area contributed by atoms with E-state index in [9.17, 15) is 47.5 Å². The van der Waals surface area contributed by atoms with Gasteiger partial charge in [-0.1, -0.05) is 287 Å². The Morgan fingerprint density at radius 3 is 0.898 bits per heavy atom. The highest BCUT2D eigenvalue weighted by molar-refractivity contribution is 5.86. The Hall–Kier alpha value is -5.42. The zero-order valence-corrected chi connectivity index (χ0v) is 72.9. The van der Waals surface area contributed by atoms with Gasteiger partial charge in [0.2, 0.25) is 47.3 Å². The van der Waals surface area contributed by atoms with Gasteiger partial charge in [0.05, 0.1) is 13.1 Å². The number of carbonyl (C=O) groups excluding carboxylic acids is 9. The van der Waals surface area contributed by atoms with Crippen molar-refractivity contribution in [2.45, 2.75) is 321 Å². The fourth-order valence-corrected chi connectivity index (χ4v) is 12.6. The Morgan fingerprint density at radius 2 is 0.657 bits per heavy atom. The lowest BCUT2D eigenvalue weighted by atomic mass is 9.68. The third kappa shape index (κ3) is 37.3. The van der Waals surface area contributed by atoms with Gasteiger partial charge in [-0.25, -0.2) is 4.39 Å². The molecule has 1 aromatic rings. The number of amides is 8. The summed E-state index contributed by atoms with van der Waals surface area (Å²) in [6.07, 6.45) is 11.6. The average Bonchev–Trinajstić information content (AvgIpc) is 0.834. The predicted octanol–water partition coefficient (Wildman–Crippen LogP) is 19.1. The van der Waals surface area contributed by atoms with Crippen molar-refractivity contribution >= 4 is 53.0 Å². The van der Waals surface area contributed by atoms with Gasteiger partial charge in [-0.05, 0) is 69.3 Å². The molecule has 0 radical (unpaired) electrons. The summed E-state index contributed by atoms with van der Waals surface area (Å²) in [6.45, 7) is 74.4. The molecule has 9 rings (SSSR count). The van der Waals surface area contributed by atoms with Gasteiger partial charge in [-0.15, -0.1) is 0 Å². The van der Waals surface area contributed by atoms with Gasteiger partial charge in [-0.3, -0.25) is 43.2 Å². The second-order valence-electron chi connectivity index (χ2n) is 41.6. The zero-order chi connectivity index (χ0) is 81.3. The van der Waals surface area contributed by atoms with Crippen LogP contribution in [-0.2, 0) is 43.2 Å². The summed E-state index contributed by atoms with van der Waals surface area (Å²) < 4.78 is 13.0. The van der Waals surface area contributed by atoms with Crippen molar-refractivity contribution in [2.75, 3.05) is 106 Å². The normalized spacial score (nSPS) is 18.3. The second-order valence-corrected chi connectivity index (χ2v) is 41.6. The van der Waals surface area contributed by atoms with Crippen molar-refractivity contribution in [3.63, 3.8) is 0 Å². The molecule has 0 N–H and O–H groups in total. The van der Waals surface area contributed by atoms with Crippen LogP contribution in [0.5, 0.6) is 0 Å². The third-order valence-corrected chi connectivity index (χ3v) is 19.5. The van der Waals surface area contributed by atoms with Crippen LogP contribution < -0.4 is 0 Å². The highest BCUT2D eigenvalue weighted by Crippen LogP contribution is 2.45. The molecule has 18 heteroatoms. The van der Waals surface area contributed by atoms with Gasteiger partial charge in [0, 0.05) is 153 Å². The molecule has 0 unspecified atom stereocenters. The highest BCUT2D eigenvalue weighted by Gasteiger charge is 2.48. The van der Waals surface area contributed by atoms with Crippen LogP contribution in [0.15, 0.2) is 30.3 Å². The first-order valence-corrected chi connectivity index (χ1v) is 39.2. The minimum absolute atomic E-state index is 0. The fourth-order valence-electron chi connectivity index (χ4n) is 12.6. The predicted molar refractivity (Wildman–Crippen MR) is 453 cm³/mol. The first-order valence-electron chi connectivity index (χ1n) is 39.2. The van der Waals surface area contributed by atoms with Crippen molar-refractivity contribution in [2.24, 2.45) is 65.5 Å². The lowest BCUT2D eigenvalue weighted by Crippen LogP contribution is -2.61. The van der Waals surface area contributed by atoms with Crippen LogP contribution in [0.25, 0.3) is 0 Å². The first-order chi connectivity index (χ1) is 46.6. The van der Waals surface area contributed by atoms with Crippen molar-refractivity contribution in [3.05, 3.63) is 35.9 Å². The Kier molecular flexibility index (Phi) is 43.4. The lowest BCUT2D eigenvalue weighted by molar-refractivity contribution is -0.154. The van der Waals surface area contributed by atoms with Crippen molar-refractivity contribution in [1.29, 1.82) is 0 Å². The van der Waals surface area contributed by atoms with E-state index < -0.39 is 5.67 Å². The molecule has 8 amide bonds. The highest BCUT2D eigenvalue weighted by atomic mass is 19.1. The van der Waals surface area contributed by atoms with Gasteiger partial charge < -0.3 is 39.2 Å². The average molecular weight is 1530 g/mol. The SMILES string of the molecule is C.C.C.C.CC(=O)C(C)(C)C.CC(C)(C)C(=O)N1CC(c2ccccc2)C1.CC(C)(C)C(=O)N1CC2(CCCCC2)C1.CC(C)(C)C(=O)N1CCC1.CC(C)(C)C(=O)N1CCCC1.CC1(C)CN(C(=O)C(C)(C)C)C1.CC1(F)CN(C(=O)C(C)(C)C)C1.CCC1CN(C(=O)C(C)(C)C)C1.CN(C)C(=O)C(C)(C)C. The van der Waals surface area contributed by atoms with E-state index in [1.165, 1.54) is 70.3 Å². The Morgan fingerprint density at radius 1 is 0.380 bits per heavy atom. The standard InChI is InChI=1S/C14H19NO.C13H23NO.2C10H19NO.C9H16FNO.C9H17NO.C8H15NO.C7H15NO.C6H12O.4CH4/c1-14(2,3)13(16)15-9-12(10-15)11-7-5-4-6-8-11;1-12(2,3)11(15)14-9-13(10-14)7-5-4-6-8-13;1-9(2,3)8(12)11-6-10(4,5)7-11;1-5-8-6-11(7-8)9(12)10(2,3)4;1-8(2,3)7(12)11-5-9(4,10)6-11;1-9(2,3)8(11)10-6-4-5-7-10;1-8(2,3)7(10)9-5-4-6-9;1-7(2,3)6(9)8(4)5;1-5(7)6(2,3)4;;;;/h4-8,12H,9-10H2,1-3H3;4-10H2,1-3H3;6-7H2,1-5H3;8H,5-7H2,1-4H3;5-6H2,1-4H3;4-7H2,1-3H3;4-6H2,1-3H3;1-5H3;1-4H3;4*1H4. The number of halogens is 1. The van der Waals surface area contributed by atoms with Crippen LogP contribution in [0.1, 0.15) is 321 Å². The summed E-state index contributed by atoms with van der Waals surface area (Å²) in [6, 6.07) is 10.4. The number of hydrogen-bond donors (Lipinski definition) is 0. The molecule has 108 heavy (non-hydrogen) atoms. The van der Waals surface area contributed by atoms with Crippen molar-refractivity contribution in [3.8, 4) is 0 Å². The van der Waals surface area contributed by atoms with E-state index in [4.69, 9.17) is 0 Å². The molecule has 17 nitrogen and oxygen atoms in total. The molecule has 1 spiro atoms. The molecular formula is C90H171FN8O9. The van der Waals surface area contributed by atoms with E-state index in [1.807, 2.05) is 218 Å². The molecule has 7 saturated heterocycles.